The lowest BCUT2D eigenvalue weighted by molar-refractivity contribution is -0.127. The second kappa shape index (κ2) is 12.5. The Bertz CT molecular complexity index is 1810. The first-order chi connectivity index (χ1) is 21.2. The van der Waals surface area contributed by atoms with Crippen LogP contribution in [0, 0.1) is 13.8 Å². The molecule has 0 saturated carbocycles. The molecule has 0 aliphatic carbocycles. The molecule has 6 heteroatoms. The fraction of sp³-hybridized carbons (Fsp3) is 0.211. The minimum atomic E-state index is -0.116. The zero-order valence-corrected chi connectivity index (χ0v) is 26.4. The molecule has 0 unspecified atom stereocenters. The van der Waals surface area contributed by atoms with E-state index >= 15 is 0 Å². The van der Waals surface area contributed by atoms with Gasteiger partial charge in [0.25, 0.3) is 0 Å². The first-order valence-corrected chi connectivity index (χ1v) is 15.6. The molecule has 0 aromatic heterocycles. The smallest absolute Gasteiger partial charge is 0.246 e. The second-order valence-electron chi connectivity index (χ2n) is 11.7. The van der Waals surface area contributed by atoms with Crippen molar-refractivity contribution in [3.63, 3.8) is 0 Å². The largest absolute Gasteiger partial charge is 0.334 e. The van der Waals surface area contributed by atoms with E-state index in [0.29, 0.717) is 31.2 Å². The highest BCUT2D eigenvalue weighted by molar-refractivity contribution is 6.32. The van der Waals surface area contributed by atoms with Crippen molar-refractivity contribution < 1.29 is 9.59 Å². The van der Waals surface area contributed by atoms with Crippen molar-refractivity contribution in [2.24, 2.45) is 0 Å². The van der Waals surface area contributed by atoms with E-state index in [1.165, 1.54) is 17.2 Å². The van der Waals surface area contributed by atoms with Gasteiger partial charge in [-0.15, -0.1) is 0 Å². The van der Waals surface area contributed by atoms with Crippen molar-refractivity contribution in [2.75, 3.05) is 13.1 Å². The van der Waals surface area contributed by atoms with Gasteiger partial charge in [0.2, 0.25) is 11.8 Å². The van der Waals surface area contributed by atoms with Gasteiger partial charge in [0.1, 0.15) is 0 Å². The molecule has 4 aromatic carbocycles. The maximum absolute atomic E-state index is 13.7. The Hall–Kier alpha value is -4.12. The minimum absolute atomic E-state index is 0.0176. The van der Waals surface area contributed by atoms with Crippen LogP contribution in [0.5, 0.6) is 0 Å². The quantitative estimate of drug-likeness (QED) is 0.210. The molecule has 6 rings (SSSR count). The van der Waals surface area contributed by atoms with E-state index < -0.39 is 0 Å². The van der Waals surface area contributed by atoms with Crippen molar-refractivity contribution in [2.45, 2.75) is 38.8 Å². The predicted octanol–water partition coefficient (Wildman–Crippen LogP) is 8.46. The summed E-state index contributed by atoms with van der Waals surface area (Å²) in [5, 5.41) is 1.37. The molecule has 44 heavy (non-hydrogen) atoms. The summed E-state index contributed by atoms with van der Waals surface area (Å²) in [6.45, 7) is 9.86. The van der Waals surface area contributed by atoms with E-state index in [4.69, 9.17) is 23.2 Å². The summed E-state index contributed by atoms with van der Waals surface area (Å²) >= 11 is 13.7. The van der Waals surface area contributed by atoms with Crippen molar-refractivity contribution in [1.29, 1.82) is 0 Å². The summed E-state index contributed by atoms with van der Waals surface area (Å²) in [5.41, 5.74) is 9.61. The normalized spacial score (nSPS) is 17.7. The lowest BCUT2D eigenvalue weighted by Crippen LogP contribution is -2.38. The van der Waals surface area contributed by atoms with Gasteiger partial charge in [0.15, 0.2) is 0 Å². The number of benzene rings is 4. The Morgan fingerprint density at radius 3 is 1.91 bits per heavy atom. The summed E-state index contributed by atoms with van der Waals surface area (Å²) in [5.74, 6) is -0.273. The SMILES string of the molecule is C=CC(=O)N1Cc2cc(/C=C/C(=O)N3Cc4cccc(Cl)c4[C@@H](c4ccccc4C)C3)cc(Cl)c2[C@H](c2ccccc2C)C1. The van der Waals surface area contributed by atoms with E-state index in [9.17, 15) is 9.59 Å². The standard InChI is InChI=1S/C38H34Cl2N2O2/c1-4-35(43)41-21-28-18-26(19-34(40)38(28)32(22-41)30-14-8-6-11-25(30)3)16-17-36(44)42-20-27-12-9-15-33(39)37(27)31(23-42)29-13-7-5-10-24(29)2/h4-19,31-32H,1,20-23H2,2-3H3/b17-16+/t31-,32+/m1/s1. The van der Waals surface area contributed by atoms with E-state index in [1.54, 1.807) is 6.08 Å². The van der Waals surface area contributed by atoms with Gasteiger partial charge in [-0.25, -0.2) is 0 Å². The van der Waals surface area contributed by atoms with E-state index in [0.717, 1.165) is 44.0 Å². The van der Waals surface area contributed by atoms with Crippen molar-refractivity contribution in [3.05, 3.63) is 158 Å². The van der Waals surface area contributed by atoms with E-state index in [-0.39, 0.29) is 23.7 Å². The van der Waals surface area contributed by atoms with Crippen LogP contribution >= 0.6 is 23.2 Å². The van der Waals surface area contributed by atoms with E-state index in [2.05, 4.69) is 50.8 Å². The van der Waals surface area contributed by atoms with Crippen LogP contribution in [0.2, 0.25) is 10.0 Å². The summed E-state index contributed by atoms with van der Waals surface area (Å²) in [4.78, 5) is 30.1. The van der Waals surface area contributed by atoms with Gasteiger partial charge >= 0.3 is 0 Å². The summed E-state index contributed by atoms with van der Waals surface area (Å²) in [6, 6.07) is 26.4. The van der Waals surface area contributed by atoms with Gasteiger partial charge in [0.05, 0.1) is 0 Å². The van der Waals surface area contributed by atoms with Crippen LogP contribution < -0.4 is 0 Å². The maximum atomic E-state index is 13.7. The van der Waals surface area contributed by atoms with Gasteiger partial charge in [-0.3, -0.25) is 9.59 Å². The Labute approximate surface area is 269 Å². The maximum Gasteiger partial charge on any atom is 0.246 e. The molecular formula is C38H34Cl2N2O2. The molecule has 0 fully saturated rings. The third kappa shape index (κ3) is 5.72. The number of hydrogen-bond acceptors (Lipinski definition) is 2. The molecule has 2 heterocycles. The van der Waals surface area contributed by atoms with Crippen molar-refractivity contribution in [3.8, 4) is 0 Å². The Balaban J connectivity index is 1.31. The Kier molecular flexibility index (Phi) is 8.48. The molecule has 4 nitrogen and oxygen atoms in total. The zero-order valence-electron chi connectivity index (χ0n) is 24.9. The lowest BCUT2D eigenvalue weighted by atomic mass is 9.82. The average molecular weight is 622 g/mol. The molecule has 2 aliphatic heterocycles. The Morgan fingerprint density at radius 1 is 0.727 bits per heavy atom. The topological polar surface area (TPSA) is 40.6 Å². The van der Waals surface area contributed by atoms with Crippen LogP contribution in [-0.4, -0.2) is 34.7 Å². The molecule has 0 bridgehead atoms. The zero-order chi connectivity index (χ0) is 31.0. The number of amides is 2. The van der Waals surface area contributed by atoms with Gasteiger partial charge in [-0.1, -0.05) is 90.4 Å². The van der Waals surface area contributed by atoms with E-state index in [1.807, 2.05) is 64.4 Å². The number of halogens is 2. The molecule has 2 atom stereocenters. The number of rotatable bonds is 5. The molecule has 2 amide bonds. The molecule has 2 aliphatic rings. The van der Waals surface area contributed by atoms with Gasteiger partial charge in [-0.2, -0.15) is 0 Å². The number of aryl methyl sites for hydroxylation is 2. The fourth-order valence-electron chi connectivity index (χ4n) is 6.79. The molecule has 0 saturated heterocycles. The summed E-state index contributed by atoms with van der Waals surface area (Å²) in [6.07, 6.45) is 4.80. The van der Waals surface area contributed by atoms with Crippen LogP contribution in [0.4, 0.5) is 0 Å². The highest BCUT2D eigenvalue weighted by Crippen LogP contribution is 2.41. The highest BCUT2D eigenvalue weighted by atomic mass is 35.5. The number of fused-ring (bicyclic) bond motifs is 2. The molecule has 222 valence electrons. The second-order valence-corrected chi connectivity index (χ2v) is 12.5. The first kappa shape index (κ1) is 29.9. The molecule has 0 radical (unpaired) electrons. The predicted molar refractivity (Wildman–Crippen MR) is 179 cm³/mol. The number of hydrogen-bond donors (Lipinski definition) is 0. The van der Waals surface area contributed by atoms with Gasteiger partial charge < -0.3 is 9.80 Å². The molecule has 0 N–H and O–H groups in total. The molecule has 4 aromatic rings. The van der Waals surface area contributed by atoms with Gasteiger partial charge in [-0.05, 0) is 94.3 Å². The lowest BCUT2D eigenvalue weighted by Gasteiger charge is -2.36. The Morgan fingerprint density at radius 2 is 1.30 bits per heavy atom. The van der Waals surface area contributed by atoms with Crippen LogP contribution in [-0.2, 0) is 22.7 Å². The van der Waals surface area contributed by atoms with Crippen LogP contribution in [0.3, 0.4) is 0 Å². The van der Waals surface area contributed by atoms with Gasteiger partial charge in [0, 0.05) is 54.1 Å². The highest BCUT2D eigenvalue weighted by Gasteiger charge is 2.33. The van der Waals surface area contributed by atoms with Crippen molar-refractivity contribution in [1.82, 2.24) is 9.80 Å². The molecule has 0 spiro atoms. The fourth-order valence-corrected chi connectivity index (χ4v) is 7.49. The number of nitrogens with zero attached hydrogens (tertiary/aromatic N) is 2. The monoisotopic (exact) mass is 620 g/mol. The average Bonchev–Trinajstić information content (AvgIpc) is 3.02. The number of carbonyl (C=O) groups excluding carboxylic acids is 2. The summed E-state index contributed by atoms with van der Waals surface area (Å²) in [7, 11) is 0. The first-order valence-electron chi connectivity index (χ1n) is 14.8. The summed E-state index contributed by atoms with van der Waals surface area (Å²) < 4.78 is 0. The van der Waals surface area contributed by atoms with Crippen LogP contribution in [0.15, 0.2) is 97.6 Å². The van der Waals surface area contributed by atoms with Crippen LogP contribution in [0.1, 0.15) is 61.9 Å². The number of carbonyl (C=O) groups is 2. The third-order valence-corrected chi connectivity index (χ3v) is 9.59. The minimum Gasteiger partial charge on any atom is -0.334 e. The van der Waals surface area contributed by atoms with Crippen LogP contribution in [0.25, 0.3) is 6.08 Å². The van der Waals surface area contributed by atoms with Crippen molar-refractivity contribution >= 4 is 41.1 Å². The third-order valence-electron chi connectivity index (χ3n) is 8.95. The molecular weight excluding hydrogens is 587 g/mol.